The number of aliphatic hydroxyl groups excluding tert-OH is 1. The van der Waals surface area contributed by atoms with Gasteiger partial charge >= 0.3 is 6.18 Å². The van der Waals surface area contributed by atoms with E-state index in [1.165, 1.54) is 6.07 Å². The van der Waals surface area contributed by atoms with Crippen LogP contribution in [0.1, 0.15) is 24.9 Å². The predicted molar refractivity (Wildman–Crippen MR) is 61.2 cm³/mol. The van der Waals surface area contributed by atoms with Gasteiger partial charge < -0.3 is 15.6 Å². The third kappa shape index (κ3) is 3.89. The van der Waals surface area contributed by atoms with Crippen LogP contribution in [-0.4, -0.2) is 24.0 Å². The van der Waals surface area contributed by atoms with Crippen LogP contribution in [0, 0.1) is 0 Å². The van der Waals surface area contributed by atoms with Crippen LogP contribution in [-0.2, 0) is 0 Å². The molecule has 0 spiro atoms. The first-order valence-corrected chi connectivity index (χ1v) is 5.58. The molecule has 1 rings (SSSR count). The van der Waals surface area contributed by atoms with Gasteiger partial charge in [-0.15, -0.1) is 0 Å². The van der Waals surface area contributed by atoms with Gasteiger partial charge in [-0.25, -0.2) is 0 Å². The summed E-state index contributed by atoms with van der Waals surface area (Å²) in [6.45, 7) is 1.03. The highest BCUT2D eigenvalue weighted by molar-refractivity contribution is 5.35. The highest BCUT2D eigenvalue weighted by atomic mass is 19.4. The normalized spacial score (nSPS) is 15.2. The number of rotatable bonds is 5. The van der Waals surface area contributed by atoms with Gasteiger partial charge in [-0.2, -0.15) is 13.2 Å². The molecule has 0 saturated heterocycles. The molecule has 0 bridgehead atoms. The molecule has 2 unspecified atom stereocenters. The first kappa shape index (κ1) is 14.8. The van der Waals surface area contributed by atoms with E-state index in [1.807, 2.05) is 6.92 Å². The van der Waals surface area contributed by atoms with Crippen molar-refractivity contribution in [2.45, 2.75) is 31.7 Å². The van der Waals surface area contributed by atoms with E-state index >= 15 is 0 Å². The van der Waals surface area contributed by atoms with Crippen molar-refractivity contribution in [3.8, 4) is 5.75 Å². The first-order valence-electron chi connectivity index (χ1n) is 5.58. The van der Waals surface area contributed by atoms with Gasteiger partial charge in [0.1, 0.15) is 12.4 Å². The Hall–Kier alpha value is -1.27. The van der Waals surface area contributed by atoms with E-state index in [-0.39, 0.29) is 11.8 Å². The molecular formula is C12H16F3NO2. The molecule has 1 aromatic carbocycles. The van der Waals surface area contributed by atoms with E-state index in [9.17, 15) is 13.2 Å². The molecule has 0 radical (unpaired) electrons. The second kappa shape index (κ2) is 6.06. The molecule has 0 saturated carbocycles. The van der Waals surface area contributed by atoms with Gasteiger partial charge in [0.15, 0.2) is 6.10 Å². The van der Waals surface area contributed by atoms with Gasteiger partial charge in [-0.1, -0.05) is 25.1 Å². The zero-order chi connectivity index (χ0) is 13.8. The quantitative estimate of drug-likeness (QED) is 0.857. The topological polar surface area (TPSA) is 55.5 Å². The molecule has 2 atom stereocenters. The minimum Gasteiger partial charge on any atom is -0.490 e. The maximum Gasteiger partial charge on any atom is 0.417 e. The maximum absolute atomic E-state index is 12.1. The molecule has 0 aromatic heterocycles. The average Bonchev–Trinajstić information content (AvgIpc) is 2.34. The molecule has 18 heavy (non-hydrogen) atoms. The third-order valence-corrected chi connectivity index (χ3v) is 2.53. The van der Waals surface area contributed by atoms with E-state index in [1.54, 1.807) is 18.2 Å². The molecule has 3 N–H and O–H groups in total. The lowest BCUT2D eigenvalue weighted by atomic mass is 10.0. The summed E-state index contributed by atoms with van der Waals surface area (Å²) in [6.07, 6.45) is -6.53. The maximum atomic E-state index is 12.1. The molecule has 6 heteroatoms. The Morgan fingerprint density at radius 3 is 2.50 bits per heavy atom. The Morgan fingerprint density at radius 1 is 1.33 bits per heavy atom. The summed E-state index contributed by atoms with van der Waals surface area (Å²) in [5.41, 5.74) is 6.46. The van der Waals surface area contributed by atoms with E-state index < -0.39 is 18.9 Å². The summed E-state index contributed by atoms with van der Waals surface area (Å²) in [4.78, 5) is 0. The van der Waals surface area contributed by atoms with Crippen molar-refractivity contribution in [3.63, 3.8) is 0 Å². The summed E-state index contributed by atoms with van der Waals surface area (Å²) < 4.78 is 41.4. The summed E-state index contributed by atoms with van der Waals surface area (Å²) >= 11 is 0. The van der Waals surface area contributed by atoms with Crippen LogP contribution in [0.3, 0.4) is 0 Å². The Morgan fingerprint density at radius 2 is 1.94 bits per heavy atom. The molecule has 0 heterocycles. The fourth-order valence-corrected chi connectivity index (χ4v) is 1.40. The van der Waals surface area contributed by atoms with Crippen molar-refractivity contribution in [1.82, 2.24) is 0 Å². The van der Waals surface area contributed by atoms with Crippen molar-refractivity contribution in [3.05, 3.63) is 29.8 Å². The number of hydrogen-bond donors (Lipinski definition) is 2. The smallest absolute Gasteiger partial charge is 0.417 e. The summed E-state index contributed by atoms with van der Waals surface area (Å²) in [5, 5.41) is 8.85. The molecule has 0 aliphatic rings. The van der Waals surface area contributed by atoms with E-state index in [4.69, 9.17) is 15.6 Å². The van der Waals surface area contributed by atoms with Crippen LogP contribution in [0.5, 0.6) is 5.75 Å². The molecule has 0 aliphatic carbocycles. The van der Waals surface area contributed by atoms with Crippen molar-refractivity contribution in [2.24, 2.45) is 5.73 Å². The number of aliphatic hydroxyl groups is 1. The average molecular weight is 263 g/mol. The van der Waals surface area contributed by atoms with Crippen LogP contribution >= 0.6 is 0 Å². The molecule has 102 valence electrons. The minimum atomic E-state index is -4.68. The minimum absolute atomic E-state index is 0.273. The fourth-order valence-electron chi connectivity index (χ4n) is 1.40. The number of benzene rings is 1. The van der Waals surface area contributed by atoms with Gasteiger partial charge in [0, 0.05) is 11.6 Å². The Balaban J connectivity index is 2.73. The van der Waals surface area contributed by atoms with Gasteiger partial charge in [-0.05, 0) is 12.5 Å². The van der Waals surface area contributed by atoms with E-state index in [0.717, 1.165) is 0 Å². The Bertz CT molecular complexity index is 382. The second-order valence-corrected chi connectivity index (χ2v) is 3.92. The largest absolute Gasteiger partial charge is 0.490 e. The van der Waals surface area contributed by atoms with Crippen molar-refractivity contribution < 1.29 is 23.0 Å². The molecule has 0 amide bonds. The first-order chi connectivity index (χ1) is 8.36. The predicted octanol–water partition coefficient (Wildman–Crippen LogP) is 2.40. The Labute approximate surface area is 103 Å². The molecule has 0 aliphatic heterocycles. The highest BCUT2D eigenvalue weighted by Gasteiger charge is 2.38. The zero-order valence-electron chi connectivity index (χ0n) is 9.95. The van der Waals surface area contributed by atoms with Crippen LogP contribution in [0.25, 0.3) is 0 Å². The fraction of sp³-hybridized carbons (Fsp3) is 0.500. The monoisotopic (exact) mass is 263 g/mol. The zero-order valence-corrected chi connectivity index (χ0v) is 9.95. The highest BCUT2D eigenvalue weighted by Crippen LogP contribution is 2.27. The number of para-hydroxylation sites is 1. The Kier molecular flexibility index (Phi) is 4.98. The lowest BCUT2D eigenvalue weighted by molar-refractivity contribution is -0.210. The number of alkyl halides is 3. The van der Waals surface area contributed by atoms with Crippen molar-refractivity contribution >= 4 is 0 Å². The molecular weight excluding hydrogens is 247 g/mol. The second-order valence-electron chi connectivity index (χ2n) is 3.92. The van der Waals surface area contributed by atoms with Crippen LogP contribution in [0.15, 0.2) is 24.3 Å². The van der Waals surface area contributed by atoms with Crippen LogP contribution < -0.4 is 10.5 Å². The number of nitrogens with two attached hydrogens (primary N) is 1. The third-order valence-electron chi connectivity index (χ3n) is 2.53. The van der Waals surface area contributed by atoms with Gasteiger partial charge in [0.25, 0.3) is 0 Å². The lowest BCUT2D eigenvalue weighted by Gasteiger charge is -2.18. The lowest BCUT2D eigenvalue weighted by Crippen LogP contribution is -2.34. The number of ether oxygens (including phenoxy) is 1. The molecule has 3 nitrogen and oxygen atoms in total. The van der Waals surface area contributed by atoms with Gasteiger partial charge in [0.05, 0.1) is 0 Å². The van der Waals surface area contributed by atoms with Crippen molar-refractivity contribution in [1.29, 1.82) is 0 Å². The van der Waals surface area contributed by atoms with Gasteiger partial charge in [-0.3, -0.25) is 0 Å². The van der Waals surface area contributed by atoms with Crippen LogP contribution in [0.2, 0.25) is 0 Å². The van der Waals surface area contributed by atoms with Gasteiger partial charge in [0.2, 0.25) is 0 Å². The summed E-state index contributed by atoms with van der Waals surface area (Å²) in [5.74, 6) is 0.273. The van der Waals surface area contributed by atoms with Crippen LogP contribution in [0.4, 0.5) is 13.2 Å². The SMILES string of the molecule is CCC(N)c1ccccc1OCC(O)C(F)(F)F. The van der Waals surface area contributed by atoms with E-state index in [0.29, 0.717) is 12.0 Å². The summed E-state index contributed by atoms with van der Waals surface area (Å²) in [7, 11) is 0. The van der Waals surface area contributed by atoms with E-state index in [2.05, 4.69) is 0 Å². The molecule has 1 aromatic rings. The molecule has 0 fully saturated rings. The number of halogens is 3. The number of hydrogen-bond acceptors (Lipinski definition) is 3. The van der Waals surface area contributed by atoms with Crippen molar-refractivity contribution in [2.75, 3.05) is 6.61 Å². The summed E-state index contributed by atoms with van der Waals surface area (Å²) in [6, 6.07) is 6.31. The standard InChI is InChI=1S/C12H16F3NO2/c1-2-9(16)8-5-3-4-6-10(8)18-7-11(17)12(13,14)15/h3-6,9,11,17H,2,7,16H2,1H3.